The molecule has 5 nitrogen and oxygen atoms in total. The van der Waals surface area contributed by atoms with Crippen LogP contribution < -0.4 is 5.73 Å². The Kier molecular flexibility index (Phi) is 2.49. The molecule has 0 radical (unpaired) electrons. The SMILES string of the molecule is N/C(=N\c1nc2ccccc2o1)c1ccccn1. The quantitative estimate of drug-likeness (QED) is 0.548. The van der Waals surface area contributed by atoms with Crippen molar-refractivity contribution in [1.29, 1.82) is 0 Å². The minimum Gasteiger partial charge on any atom is -0.422 e. The fourth-order valence-corrected chi connectivity index (χ4v) is 1.58. The zero-order valence-corrected chi connectivity index (χ0v) is 9.45. The maximum atomic E-state index is 5.84. The predicted octanol–water partition coefficient (Wildman–Crippen LogP) is 2.26. The van der Waals surface area contributed by atoms with Gasteiger partial charge < -0.3 is 10.2 Å². The van der Waals surface area contributed by atoms with E-state index in [1.165, 1.54) is 0 Å². The number of amidine groups is 1. The van der Waals surface area contributed by atoms with Crippen LogP contribution in [0.1, 0.15) is 5.69 Å². The largest absolute Gasteiger partial charge is 0.422 e. The molecule has 0 aliphatic heterocycles. The van der Waals surface area contributed by atoms with E-state index < -0.39 is 0 Å². The third kappa shape index (κ3) is 1.93. The fraction of sp³-hybridized carbons (Fsp3) is 0. The molecule has 0 fully saturated rings. The molecule has 2 heterocycles. The molecular weight excluding hydrogens is 228 g/mol. The molecule has 5 heteroatoms. The minimum atomic E-state index is 0.236. The summed E-state index contributed by atoms with van der Waals surface area (Å²) in [4.78, 5) is 12.4. The Morgan fingerprint density at radius 1 is 1.11 bits per heavy atom. The fourth-order valence-electron chi connectivity index (χ4n) is 1.58. The van der Waals surface area contributed by atoms with E-state index in [2.05, 4.69) is 15.0 Å². The van der Waals surface area contributed by atoms with Crippen LogP contribution in [0.2, 0.25) is 0 Å². The van der Waals surface area contributed by atoms with E-state index >= 15 is 0 Å². The van der Waals surface area contributed by atoms with Gasteiger partial charge in [0.2, 0.25) is 0 Å². The first-order valence-electron chi connectivity index (χ1n) is 5.44. The van der Waals surface area contributed by atoms with Gasteiger partial charge in [0.1, 0.15) is 11.2 Å². The number of hydrogen-bond donors (Lipinski definition) is 1. The molecule has 0 saturated heterocycles. The maximum Gasteiger partial charge on any atom is 0.324 e. The van der Waals surface area contributed by atoms with Crippen LogP contribution in [0.3, 0.4) is 0 Å². The molecule has 3 rings (SSSR count). The van der Waals surface area contributed by atoms with Crippen molar-refractivity contribution >= 4 is 22.9 Å². The van der Waals surface area contributed by atoms with Crippen LogP contribution in [-0.2, 0) is 0 Å². The summed E-state index contributed by atoms with van der Waals surface area (Å²) in [5, 5.41) is 0. The zero-order chi connectivity index (χ0) is 12.4. The number of nitrogens with two attached hydrogens (primary N) is 1. The van der Waals surface area contributed by atoms with Crippen LogP contribution in [0.4, 0.5) is 6.01 Å². The molecule has 0 bridgehead atoms. The average Bonchev–Trinajstić information content (AvgIpc) is 2.82. The van der Waals surface area contributed by atoms with Gasteiger partial charge in [0, 0.05) is 6.20 Å². The van der Waals surface area contributed by atoms with Crippen molar-refractivity contribution in [2.45, 2.75) is 0 Å². The van der Waals surface area contributed by atoms with Gasteiger partial charge in [-0.05, 0) is 24.3 Å². The van der Waals surface area contributed by atoms with E-state index in [4.69, 9.17) is 10.2 Å². The van der Waals surface area contributed by atoms with Gasteiger partial charge in [-0.25, -0.2) is 0 Å². The summed E-state index contributed by atoms with van der Waals surface area (Å²) in [6.45, 7) is 0. The number of fused-ring (bicyclic) bond motifs is 1. The summed E-state index contributed by atoms with van der Waals surface area (Å²) in [6, 6.07) is 13.1. The van der Waals surface area contributed by atoms with E-state index in [9.17, 15) is 0 Å². The summed E-state index contributed by atoms with van der Waals surface area (Å²) in [5.74, 6) is 0.280. The van der Waals surface area contributed by atoms with Gasteiger partial charge in [-0.1, -0.05) is 18.2 Å². The Morgan fingerprint density at radius 2 is 1.94 bits per heavy atom. The Labute approximate surface area is 103 Å². The van der Waals surface area contributed by atoms with Gasteiger partial charge in [0.05, 0.1) is 0 Å². The van der Waals surface area contributed by atoms with E-state index in [1.54, 1.807) is 12.3 Å². The number of oxazole rings is 1. The Bertz CT molecular complexity index is 670. The second-order valence-corrected chi connectivity index (χ2v) is 3.68. The molecular formula is C13H10N4O. The molecule has 1 aromatic carbocycles. The smallest absolute Gasteiger partial charge is 0.324 e. The van der Waals surface area contributed by atoms with Gasteiger partial charge in [-0.3, -0.25) is 4.98 Å². The predicted molar refractivity (Wildman–Crippen MR) is 68.6 cm³/mol. The van der Waals surface area contributed by atoms with E-state index in [-0.39, 0.29) is 11.9 Å². The van der Waals surface area contributed by atoms with E-state index in [0.717, 1.165) is 5.52 Å². The highest BCUT2D eigenvalue weighted by molar-refractivity contribution is 5.96. The number of benzene rings is 1. The highest BCUT2D eigenvalue weighted by Crippen LogP contribution is 2.20. The summed E-state index contributed by atoms with van der Waals surface area (Å²) < 4.78 is 5.45. The number of pyridine rings is 1. The average molecular weight is 238 g/mol. The van der Waals surface area contributed by atoms with Crippen LogP contribution in [-0.4, -0.2) is 15.8 Å². The van der Waals surface area contributed by atoms with Gasteiger partial charge in [-0.15, -0.1) is 0 Å². The van der Waals surface area contributed by atoms with Crippen LogP contribution in [0.5, 0.6) is 0 Å². The van der Waals surface area contributed by atoms with Crippen LogP contribution in [0, 0.1) is 0 Å². The summed E-state index contributed by atoms with van der Waals surface area (Å²) in [6.07, 6.45) is 1.66. The van der Waals surface area contributed by atoms with Crippen molar-refractivity contribution < 1.29 is 4.42 Å². The lowest BCUT2D eigenvalue weighted by Gasteiger charge is -1.96. The van der Waals surface area contributed by atoms with Crippen LogP contribution in [0.15, 0.2) is 58.1 Å². The summed E-state index contributed by atoms with van der Waals surface area (Å²) in [5.41, 5.74) is 7.87. The summed E-state index contributed by atoms with van der Waals surface area (Å²) in [7, 11) is 0. The number of rotatable bonds is 2. The minimum absolute atomic E-state index is 0.236. The van der Waals surface area contributed by atoms with E-state index in [1.807, 2.05) is 36.4 Å². The summed E-state index contributed by atoms with van der Waals surface area (Å²) >= 11 is 0. The number of nitrogens with zero attached hydrogens (tertiary/aromatic N) is 3. The molecule has 2 aromatic heterocycles. The molecule has 3 aromatic rings. The molecule has 0 saturated carbocycles. The molecule has 0 atom stereocenters. The first kappa shape index (κ1) is 10.5. The normalized spacial score (nSPS) is 11.9. The number of aromatic nitrogens is 2. The standard InChI is InChI=1S/C13H10N4O/c14-12(10-6-3-4-8-15-10)17-13-16-9-5-1-2-7-11(9)18-13/h1-8H,(H2,14,16,17). The molecule has 0 spiro atoms. The highest BCUT2D eigenvalue weighted by Gasteiger charge is 2.05. The Hall–Kier alpha value is -2.69. The molecule has 0 aliphatic rings. The Balaban J connectivity index is 2.00. The lowest BCUT2D eigenvalue weighted by atomic mass is 10.3. The van der Waals surface area contributed by atoms with Gasteiger partial charge >= 0.3 is 6.01 Å². The lowest BCUT2D eigenvalue weighted by molar-refractivity contribution is 0.613. The first-order valence-corrected chi connectivity index (χ1v) is 5.44. The van der Waals surface area contributed by atoms with Gasteiger partial charge in [0.15, 0.2) is 11.4 Å². The van der Waals surface area contributed by atoms with Crippen molar-refractivity contribution in [3.05, 3.63) is 54.4 Å². The van der Waals surface area contributed by atoms with Crippen molar-refractivity contribution in [1.82, 2.24) is 9.97 Å². The molecule has 2 N–H and O–H groups in total. The maximum absolute atomic E-state index is 5.84. The second kappa shape index (κ2) is 4.29. The second-order valence-electron chi connectivity index (χ2n) is 3.68. The zero-order valence-electron chi connectivity index (χ0n) is 9.45. The van der Waals surface area contributed by atoms with Gasteiger partial charge in [-0.2, -0.15) is 9.98 Å². The number of para-hydroxylation sites is 2. The van der Waals surface area contributed by atoms with Crippen molar-refractivity contribution in [2.75, 3.05) is 0 Å². The van der Waals surface area contributed by atoms with Gasteiger partial charge in [0.25, 0.3) is 0 Å². The third-order valence-electron chi connectivity index (χ3n) is 2.43. The first-order chi connectivity index (χ1) is 8.83. The number of aliphatic imine (C=N–C) groups is 1. The van der Waals surface area contributed by atoms with Crippen molar-refractivity contribution in [3.63, 3.8) is 0 Å². The lowest BCUT2D eigenvalue weighted by Crippen LogP contribution is -2.14. The highest BCUT2D eigenvalue weighted by atomic mass is 16.4. The molecule has 0 aliphatic carbocycles. The molecule has 0 unspecified atom stereocenters. The van der Waals surface area contributed by atoms with Crippen LogP contribution >= 0.6 is 0 Å². The molecule has 0 amide bonds. The molecule has 18 heavy (non-hydrogen) atoms. The third-order valence-corrected chi connectivity index (χ3v) is 2.43. The van der Waals surface area contributed by atoms with E-state index in [0.29, 0.717) is 11.3 Å². The van der Waals surface area contributed by atoms with Crippen LogP contribution in [0.25, 0.3) is 11.1 Å². The van der Waals surface area contributed by atoms with Crippen molar-refractivity contribution in [3.8, 4) is 0 Å². The Morgan fingerprint density at radius 3 is 2.72 bits per heavy atom. The monoisotopic (exact) mass is 238 g/mol. The number of hydrogen-bond acceptors (Lipinski definition) is 4. The topological polar surface area (TPSA) is 77.3 Å². The molecule has 88 valence electrons. The van der Waals surface area contributed by atoms with Crippen molar-refractivity contribution in [2.24, 2.45) is 10.7 Å².